The Bertz CT molecular complexity index is 476. The van der Waals surface area contributed by atoms with Crippen molar-refractivity contribution < 1.29 is 4.79 Å². The van der Waals surface area contributed by atoms with Crippen molar-refractivity contribution >= 4 is 30.7 Å². The van der Waals surface area contributed by atoms with Gasteiger partial charge < -0.3 is 10.2 Å². The first-order chi connectivity index (χ1) is 9.02. The van der Waals surface area contributed by atoms with Crippen LogP contribution >= 0.6 is 24.8 Å². The molecule has 1 saturated heterocycles. The van der Waals surface area contributed by atoms with Crippen molar-refractivity contribution in [3.05, 3.63) is 17.0 Å². The molecule has 0 spiro atoms. The van der Waals surface area contributed by atoms with E-state index in [9.17, 15) is 4.79 Å². The van der Waals surface area contributed by atoms with Crippen LogP contribution in [0.15, 0.2) is 0 Å². The zero-order valence-electron chi connectivity index (χ0n) is 13.2. The minimum Gasteiger partial charge on any atom is -0.341 e. The Balaban J connectivity index is 0.00000200. The van der Waals surface area contributed by atoms with E-state index in [-0.39, 0.29) is 30.7 Å². The molecule has 1 atom stereocenters. The Morgan fingerprint density at radius 3 is 2.57 bits per heavy atom. The lowest BCUT2D eigenvalue weighted by molar-refractivity contribution is -0.131. The molecule has 0 aliphatic carbocycles. The number of nitrogens with zero attached hydrogens (tertiary/aromatic N) is 3. The lowest BCUT2D eigenvalue weighted by Crippen LogP contribution is -2.47. The highest BCUT2D eigenvalue weighted by Crippen LogP contribution is 2.16. The van der Waals surface area contributed by atoms with Gasteiger partial charge >= 0.3 is 0 Å². The Labute approximate surface area is 139 Å². The molecule has 0 saturated carbocycles. The van der Waals surface area contributed by atoms with Gasteiger partial charge in [-0.2, -0.15) is 5.10 Å². The number of aromatic nitrogens is 2. The third-order valence-corrected chi connectivity index (χ3v) is 4.17. The molecule has 0 radical (unpaired) electrons. The highest BCUT2D eigenvalue weighted by molar-refractivity contribution is 5.85. The second kappa shape index (κ2) is 8.61. The van der Waals surface area contributed by atoms with Gasteiger partial charge in [-0.3, -0.25) is 9.48 Å². The van der Waals surface area contributed by atoms with Crippen molar-refractivity contribution in [1.82, 2.24) is 20.0 Å². The minimum atomic E-state index is 0. The largest absolute Gasteiger partial charge is 0.341 e. The molecule has 122 valence electrons. The summed E-state index contributed by atoms with van der Waals surface area (Å²) in [4.78, 5) is 14.4. The molecular weight excluding hydrogens is 311 g/mol. The zero-order valence-corrected chi connectivity index (χ0v) is 14.8. The fourth-order valence-electron chi connectivity index (χ4n) is 2.78. The number of carbonyl (C=O) groups excluding carboxylic acids is 1. The van der Waals surface area contributed by atoms with Gasteiger partial charge in [-0.15, -0.1) is 24.8 Å². The maximum Gasteiger partial charge on any atom is 0.227 e. The third-order valence-electron chi connectivity index (χ3n) is 4.17. The summed E-state index contributed by atoms with van der Waals surface area (Å²) >= 11 is 0. The first-order valence-electron chi connectivity index (χ1n) is 6.97. The molecule has 1 N–H and O–H groups in total. The van der Waals surface area contributed by atoms with Gasteiger partial charge in [0.05, 0.1) is 12.1 Å². The molecule has 1 amide bonds. The monoisotopic (exact) mass is 336 g/mol. The fourth-order valence-corrected chi connectivity index (χ4v) is 2.78. The molecule has 1 unspecified atom stereocenters. The minimum absolute atomic E-state index is 0. The maximum atomic E-state index is 12.4. The number of carbonyl (C=O) groups is 1. The fraction of sp³-hybridized carbons (Fsp3) is 0.714. The number of aryl methyl sites for hydroxylation is 2. The van der Waals surface area contributed by atoms with Crippen molar-refractivity contribution in [1.29, 1.82) is 0 Å². The number of hydrogen-bond donors (Lipinski definition) is 1. The molecule has 1 aliphatic rings. The summed E-state index contributed by atoms with van der Waals surface area (Å²) in [7, 11) is 3.89. The van der Waals surface area contributed by atoms with Crippen molar-refractivity contribution in [2.75, 3.05) is 20.1 Å². The third kappa shape index (κ3) is 4.59. The SMILES string of the molecule is CNC1CCCN(C(=O)Cc2c(C)nn(C)c2C)C1.Cl.Cl. The topological polar surface area (TPSA) is 50.2 Å². The van der Waals surface area contributed by atoms with Gasteiger partial charge in [0.1, 0.15) is 0 Å². The van der Waals surface area contributed by atoms with Gasteiger partial charge in [0.25, 0.3) is 0 Å². The predicted molar refractivity (Wildman–Crippen MR) is 89.5 cm³/mol. The lowest BCUT2D eigenvalue weighted by Gasteiger charge is -2.32. The van der Waals surface area contributed by atoms with Crippen molar-refractivity contribution in [3.8, 4) is 0 Å². The molecule has 0 bridgehead atoms. The molecule has 1 fully saturated rings. The first-order valence-corrected chi connectivity index (χ1v) is 6.97. The number of nitrogens with one attached hydrogen (secondary N) is 1. The molecule has 5 nitrogen and oxygen atoms in total. The van der Waals surface area contributed by atoms with E-state index < -0.39 is 0 Å². The number of rotatable bonds is 3. The number of halogens is 2. The van der Waals surface area contributed by atoms with Crippen LogP contribution in [0.2, 0.25) is 0 Å². The molecule has 1 aliphatic heterocycles. The van der Waals surface area contributed by atoms with E-state index in [1.807, 2.05) is 37.5 Å². The Morgan fingerprint density at radius 1 is 1.38 bits per heavy atom. The normalized spacial score (nSPS) is 17.9. The molecule has 7 heteroatoms. The van der Waals surface area contributed by atoms with Gasteiger partial charge in [-0.25, -0.2) is 0 Å². The van der Waals surface area contributed by atoms with Crippen LogP contribution in [0.3, 0.4) is 0 Å². The van der Waals surface area contributed by atoms with Crippen LogP contribution in [0.4, 0.5) is 0 Å². The van der Waals surface area contributed by atoms with E-state index in [4.69, 9.17) is 0 Å². The second-order valence-electron chi connectivity index (χ2n) is 5.42. The summed E-state index contributed by atoms with van der Waals surface area (Å²) in [5.74, 6) is 0.221. The van der Waals surface area contributed by atoms with Crippen LogP contribution in [0.1, 0.15) is 29.8 Å². The van der Waals surface area contributed by atoms with E-state index in [1.165, 1.54) is 0 Å². The predicted octanol–water partition coefficient (Wildman–Crippen LogP) is 1.63. The molecule has 2 heterocycles. The van der Waals surface area contributed by atoms with Gasteiger partial charge in [-0.1, -0.05) is 0 Å². The number of piperidine rings is 1. The van der Waals surface area contributed by atoms with Crippen LogP contribution in [0, 0.1) is 13.8 Å². The van der Waals surface area contributed by atoms with Crippen molar-refractivity contribution in [3.63, 3.8) is 0 Å². The Kier molecular flexibility index (Phi) is 8.29. The lowest BCUT2D eigenvalue weighted by atomic mass is 10.0. The summed E-state index contributed by atoms with van der Waals surface area (Å²) < 4.78 is 1.85. The molecule has 1 aromatic rings. The van der Waals surface area contributed by atoms with E-state index >= 15 is 0 Å². The molecule has 1 aromatic heterocycles. The van der Waals surface area contributed by atoms with Crippen LogP contribution in [-0.4, -0.2) is 46.8 Å². The van der Waals surface area contributed by atoms with Gasteiger partial charge in [-0.05, 0) is 33.7 Å². The molecule has 2 rings (SSSR count). The van der Waals surface area contributed by atoms with Gasteiger partial charge in [0.15, 0.2) is 0 Å². The molecular formula is C14H26Cl2N4O. The quantitative estimate of drug-likeness (QED) is 0.912. The average molecular weight is 337 g/mol. The number of likely N-dealkylation sites (N-methyl/N-ethyl adjacent to an activating group) is 1. The summed E-state index contributed by atoms with van der Waals surface area (Å²) in [5, 5.41) is 7.64. The van der Waals surface area contributed by atoms with Crippen molar-refractivity contribution in [2.24, 2.45) is 7.05 Å². The molecule has 21 heavy (non-hydrogen) atoms. The van der Waals surface area contributed by atoms with Crippen LogP contribution < -0.4 is 5.32 Å². The Hall–Kier alpha value is -0.780. The highest BCUT2D eigenvalue weighted by atomic mass is 35.5. The summed E-state index contributed by atoms with van der Waals surface area (Å²) in [6.07, 6.45) is 2.72. The van der Waals surface area contributed by atoms with Gasteiger partial charge in [0, 0.05) is 37.4 Å². The maximum absolute atomic E-state index is 12.4. The summed E-state index contributed by atoms with van der Waals surface area (Å²) in [5.41, 5.74) is 3.14. The first kappa shape index (κ1) is 20.2. The number of amides is 1. The van der Waals surface area contributed by atoms with Crippen LogP contribution in [0.25, 0.3) is 0 Å². The van der Waals surface area contributed by atoms with Crippen LogP contribution in [0.5, 0.6) is 0 Å². The number of likely N-dealkylation sites (tertiary alicyclic amines) is 1. The van der Waals surface area contributed by atoms with E-state index in [0.29, 0.717) is 12.5 Å². The van der Waals surface area contributed by atoms with E-state index in [0.717, 1.165) is 42.9 Å². The summed E-state index contributed by atoms with van der Waals surface area (Å²) in [6, 6.07) is 0.439. The van der Waals surface area contributed by atoms with Gasteiger partial charge in [0.2, 0.25) is 5.91 Å². The average Bonchev–Trinajstić information content (AvgIpc) is 2.65. The van der Waals surface area contributed by atoms with Crippen LogP contribution in [-0.2, 0) is 18.3 Å². The van der Waals surface area contributed by atoms with E-state index in [1.54, 1.807) is 0 Å². The van der Waals surface area contributed by atoms with E-state index in [2.05, 4.69) is 10.4 Å². The highest BCUT2D eigenvalue weighted by Gasteiger charge is 2.24. The zero-order chi connectivity index (χ0) is 14.0. The number of hydrogen-bond acceptors (Lipinski definition) is 3. The second-order valence-corrected chi connectivity index (χ2v) is 5.42. The smallest absolute Gasteiger partial charge is 0.227 e. The van der Waals surface area contributed by atoms with Crippen molar-refractivity contribution in [2.45, 2.75) is 39.2 Å². The Morgan fingerprint density at radius 2 is 2.05 bits per heavy atom. The standard InChI is InChI=1S/C14H24N4O.2ClH/c1-10-13(11(2)17(4)16-10)8-14(19)18-7-5-6-12(9-18)15-3;;/h12,15H,5-9H2,1-4H3;2*1H. The summed E-state index contributed by atoms with van der Waals surface area (Å²) in [6.45, 7) is 5.71. The molecule has 0 aromatic carbocycles.